The molecule has 1 aliphatic rings. The lowest BCUT2D eigenvalue weighted by Crippen LogP contribution is -2.32. The number of rotatable bonds is 3. The first-order valence-corrected chi connectivity index (χ1v) is 4.41. The number of Topliss-reactive ketones (excluding diaryl/α,β-unsaturated/α-hetero) is 1. The number of carbonyl (C=O) groups excluding carboxylic acids is 1. The zero-order valence-corrected chi connectivity index (χ0v) is 8.23. The Labute approximate surface area is 82.4 Å². The lowest BCUT2D eigenvalue weighted by atomic mass is 9.92. The molecule has 0 bridgehead atoms. The van der Waals surface area contributed by atoms with Crippen LogP contribution < -0.4 is 0 Å². The quantitative estimate of drug-likeness (QED) is 0.526. The van der Waals surface area contributed by atoms with Crippen LogP contribution in [0.2, 0.25) is 0 Å². The van der Waals surface area contributed by atoms with Crippen molar-refractivity contribution in [3.05, 3.63) is 23.8 Å². The molecule has 78 valence electrons. The third-order valence-corrected chi connectivity index (χ3v) is 2.01. The molecule has 1 rings (SSSR count). The van der Waals surface area contributed by atoms with Gasteiger partial charge in [-0.2, -0.15) is 0 Å². The molecule has 4 heteroatoms. The highest BCUT2D eigenvalue weighted by molar-refractivity contribution is 6.03. The standard InChI is InChI=1S/C10H14O4/c1-10(2,12)9(11)7-3-5-8(14-13)6-4-7/h3-5,8,12-13H,6H2,1-2H3. The highest BCUT2D eigenvalue weighted by atomic mass is 17.1. The van der Waals surface area contributed by atoms with E-state index in [1.807, 2.05) is 0 Å². The molecule has 0 aromatic heterocycles. The number of aliphatic hydroxyl groups is 1. The first kappa shape index (κ1) is 11.1. The summed E-state index contributed by atoms with van der Waals surface area (Å²) < 4.78 is 0. The minimum absolute atomic E-state index is 0.329. The van der Waals surface area contributed by atoms with Crippen molar-refractivity contribution in [3.8, 4) is 0 Å². The van der Waals surface area contributed by atoms with Crippen molar-refractivity contribution in [1.29, 1.82) is 0 Å². The molecule has 0 fully saturated rings. The predicted octanol–water partition coefficient (Wildman–Crippen LogP) is 1.07. The fourth-order valence-corrected chi connectivity index (χ4v) is 1.20. The van der Waals surface area contributed by atoms with E-state index in [-0.39, 0.29) is 5.78 Å². The lowest BCUT2D eigenvalue weighted by Gasteiger charge is -2.19. The molecule has 0 heterocycles. The molecule has 0 aromatic carbocycles. The third-order valence-electron chi connectivity index (χ3n) is 2.01. The SMILES string of the molecule is CC(C)(O)C(=O)C1=CCC(OO)C=C1. The molecular formula is C10H14O4. The Hall–Kier alpha value is -0.970. The summed E-state index contributed by atoms with van der Waals surface area (Å²) in [6.45, 7) is 2.89. The van der Waals surface area contributed by atoms with Gasteiger partial charge in [-0.3, -0.25) is 10.1 Å². The van der Waals surface area contributed by atoms with Crippen LogP contribution in [0, 0.1) is 0 Å². The van der Waals surface area contributed by atoms with Gasteiger partial charge < -0.3 is 5.11 Å². The van der Waals surface area contributed by atoms with Crippen LogP contribution in [0.25, 0.3) is 0 Å². The maximum absolute atomic E-state index is 11.5. The van der Waals surface area contributed by atoms with Crippen LogP contribution in [0.4, 0.5) is 0 Å². The second kappa shape index (κ2) is 4.04. The summed E-state index contributed by atoms with van der Waals surface area (Å²) in [4.78, 5) is 15.6. The number of ketones is 1. The molecule has 14 heavy (non-hydrogen) atoms. The molecule has 0 aromatic rings. The second-order valence-electron chi connectivity index (χ2n) is 3.79. The first-order valence-electron chi connectivity index (χ1n) is 4.41. The zero-order chi connectivity index (χ0) is 10.8. The second-order valence-corrected chi connectivity index (χ2v) is 3.79. The van der Waals surface area contributed by atoms with Crippen molar-refractivity contribution in [3.63, 3.8) is 0 Å². The van der Waals surface area contributed by atoms with E-state index in [4.69, 9.17) is 5.26 Å². The van der Waals surface area contributed by atoms with Gasteiger partial charge in [0.05, 0.1) is 0 Å². The van der Waals surface area contributed by atoms with E-state index in [9.17, 15) is 9.90 Å². The summed E-state index contributed by atoms with van der Waals surface area (Å²) in [5, 5.41) is 17.8. The van der Waals surface area contributed by atoms with E-state index in [2.05, 4.69) is 4.89 Å². The first-order chi connectivity index (χ1) is 6.45. The van der Waals surface area contributed by atoms with Crippen LogP contribution in [0.1, 0.15) is 20.3 Å². The molecule has 1 unspecified atom stereocenters. The van der Waals surface area contributed by atoms with Crippen LogP contribution in [-0.2, 0) is 9.68 Å². The predicted molar refractivity (Wildman–Crippen MR) is 50.6 cm³/mol. The molecule has 0 spiro atoms. The maximum atomic E-state index is 11.5. The van der Waals surface area contributed by atoms with Gasteiger partial charge in [0.15, 0.2) is 5.78 Å². The Kier molecular flexibility index (Phi) is 3.21. The summed E-state index contributed by atoms with van der Waals surface area (Å²) in [5.74, 6) is -0.329. The van der Waals surface area contributed by atoms with Crippen LogP contribution >= 0.6 is 0 Å². The average molecular weight is 198 g/mol. The summed E-state index contributed by atoms with van der Waals surface area (Å²) in [7, 11) is 0. The van der Waals surface area contributed by atoms with Gasteiger partial charge >= 0.3 is 0 Å². The summed E-state index contributed by atoms with van der Waals surface area (Å²) in [6.07, 6.45) is 4.81. The molecule has 0 aliphatic heterocycles. The van der Waals surface area contributed by atoms with E-state index < -0.39 is 11.7 Å². The van der Waals surface area contributed by atoms with Crippen molar-refractivity contribution in [2.24, 2.45) is 0 Å². The van der Waals surface area contributed by atoms with E-state index in [1.165, 1.54) is 13.8 Å². The minimum atomic E-state index is -1.36. The highest BCUT2D eigenvalue weighted by Crippen LogP contribution is 2.18. The zero-order valence-electron chi connectivity index (χ0n) is 8.23. The van der Waals surface area contributed by atoms with E-state index in [1.54, 1.807) is 18.2 Å². The van der Waals surface area contributed by atoms with Crippen molar-refractivity contribution in [1.82, 2.24) is 0 Å². The monoisotopic (exact) mass is 198 g/mol. The minimum Gasteiger partial charge on any atom is -0.382 e. The summed E-state index contributed by atoms with van der Waals surface area (Å²) in [5.41, 5.74) is -0.908. The van der Waals surface area contributed by atoms with Crippen LogP contribution in [0.5, 0.6) is 0 Å². The van der Waals surface area contributed by atoms with Crippen molar-refractivity contribution in [2.45, 2.75) is 32.0 Å². The highest BCUT2D eigenvalue weighted by Gasteiger charge is 2.27. The largest absolute Gasteiger partial charge is 0.382 e. The van der Waals surface area contributed by atoms with Gasteiger partial charge in [-0.05, 0) is 20.3 Å². The Bertz CT molecular complexity index is 283. The molecule has 4 nitrogen and oxygen atoms in total. The van der Waals surface area contributed by atoms with Crippen molar-refractivity contribution in [2.75, 3.05) is 0 Å². The average Bonchev–Trinajstić information content (AvgIpc) is 2.15. The van der Waals surface area contributed by atoms with Gasteiger partial charge in [0, 0.05) is 5.57 Å². The Morgan fingerprint density at radius 3 is 2.64 bits per heavy atom. The van der Waals surface area contributed by atoms with Crippen LogP contribution in [0.3, 0.4) is 0 Å². The number of allylic oxidation sites excluding steroid dienone is 1. The summed E-state index contributed by atoms with van der Waals surface area (Å²) in [6, 6.07) is 0. The maximum Gasteiger partial charge on any atom is 0.193 e. The summed E-state index contributed by atoms with van der Waals surface area (Å²) >= 11 is 0. The van der Waals surface area contributed by atoms with Crippen molar-refractivity contribution < 1.29 is 20.0 Å². The van der Waals surface area contributed by atoms with E-state index in [0.29, 0.717) is 12.0 Å². The topological polar surface area (TPSA) is 66.8 Å². The third kappa shape index (κ3) is 2.51. The van der Waals surface area contributed by atoms with Crippen molar-refractivity contribution >= 4 is 5.78 Å². The molecular weight excluding hydrogens is 184 g/mol. The Morgan fingerprint density at radius 1 is 1.64 bits per heavy atom. The van der Waals surface area contributed by atoms with E-state index >= 15 is 0 Å². The van der Waals surface area contributed by atoms with Gasteiger partial charge in [-0.25, -0.2) is 4.89 Å². The molecule has 0 amide bonds. The molecule has 0 saturated heterocycles. The van der Waals surface area contributed by atoms with Crippen LogP contribution in [-0.4, -0.2) is 27.9 Å². The molecule has 1 aliphatic carbocycles. The Balaban J connectivity index is 2.71. The van der Waals surface area contributed by atoms with E-state index in [0.717, 1.165) is 0 Å². The molecule has 2 N–H and O–H groups in total. The van der Waals surface area contributed by atoms with Gasteiger partial charge in [0.2, 0.25) is 0 Å². The number of hydrogen-bond acceptors (Lipinski definition) is 4. The van der Waals surface area contributed by atoms with Gasteiger partial charge in [-0.1, -0.05) is 18.2 Å². The molecule has 0 radical (unpaired) electrons. The number of carbonyl (C=O) groups is 1. The lowest BCUT2D eigenvalue weighted by molar-refractivity contribution is -0.265. The smallest absolute Gasteiger partial charge is 0.193 e. The van der Waals surface area contributed by atoms with Gasteiger partial charge in [0.1, 0.15) is 11.7 Å². The molecule has 0 saturated carbocycles. The molecule has 1 atom stereocenters. The fourth-order valence-electron chi connectivity index (χ4n) is 1.20. The normalized spacial score (nSPS) is 22.0. The van der Waals surface area contributed by atoms with Gasteiger partial charge in [0.25, 0.3) is 0 Å². The number of hydrogen-bond donors (Lipinski definition) is 2. The van der Waals surface area contributed by atoms with Crippen LogP contribution in [0.15, 0.2) is 23.8 Å². The van der Waals surface area contributed by atoms with Gasteiger partial charge in [-0.15, -0.1) is 0 Å². The Morgan fingerprint density at radius 2 is 2.29 bits per heavy atom. The fraction of sp³-hybridized carbons (Fsp3) is 0.500.